The van der Waals surface area contributed by atoms with Crippen molar-refractivity contribution in [1.82, 2.24) is 0 Å². The van der Waals surface area contributed by atoms with E-state index in [2.05, 4.69) is 83.1 Å². The highest BCUT2D eigenvalue weighted by Crippen LogP contribution is 2.43. The Morgan fingerprint density at radius 3 is 0.644 bits per heavy atom. The number of non-ortho nitro benzene ring substituents is 1. The molecule has 5 N–H and O–H groups in total. The second-order valence-electron chi connectivity index (χ2n) is 20.8. The van der Waals surface area contributed by atoms with Crippen molar-refractivity contribution < 1.29 is 30.5 Å². The van der Waals surface area contributed by atoms with Gasteiger partial charge in [0.25, 0.3) is 5.69 Å². The molecule has 1 aliphatic carbocycles. The first-order chi connectivity index (χ1) is 27.1. The highest BCUT2D eigenvalue weighted by molar-refractivity contribution is 5.60. The standard InChI is InChI=1S/C51H61NO7/c1-48(2,3)38-18-28-13-29-19-39(49(4,5)6)21-31(44(29)54)15-33-23-41(51(10,11)12)25-35(46(33)56)17-37-27-42(52(58)59)26-36(47(37)57)16-34-24-40(50(7,8)9)22-32(45(34)55)14-30(20-38)43(28)53/h18-27,53-57H,13-17H2,1-12H3. The van der Waals surface area contributed by atoms with Crippen molar-refractivity contribution in [3.63, 3.8) is 0 Å². The van der Waals surface area contributed by atoms with E-state index in [9.17, 15) is 35.6 Å². The van der Waals surface area contributed by atoms with Gasteiger partial charge in [-0.1, -0.05) is 132 Å². The lowest BCUT2D eigenvalue weighted by atomic mass is 9.80. The number of rotatable bonds is 1. The number of hydrogen-bond acceptors (Lipinski definition) is 7. The average Bonchev–Trinajstić information content (AvgIpc) is 3.10. The summed E-state index contributed by atoms with van der Waals surface area (Å²) in [7, 11) is 0. The van der Waals surface area contributed by atoms with E-state index in [1.54, 1.807) is 0 Å². The summed E-state index contributed by atoms with van der Waals surface area (Å²) in [6, 6.07) is 18.3. The van der Waals surface area contributed by atoms with E-state index in [4.69, 9.17) is 0 Å². The number of benzene rings is 5. The van der Waals surface area contributed by atoms with Crippen LogP contribution in [-0.4, -0.2) is 30.5 Å². The lowest BCUT2D eigenvalue weighted by Gasteiger charge is -2.26. The van der Waals surface area contributed by atoms with Crippen LogP contribution in [-0.2, 0) is 53.8 Å². The van der Waals surface area contributed by atoms with E-state index in [-0.39, 0.29) is 99.3 Å². The van der Waals surface area contributed by atoms with Gasteiger partial charge in [0.15, 0.2) is 0 Å². The Kier molecular flexibility index (Phi) is 10.9. The second-order valence-corrected chi connectivity index (χ2v) is 20.8. The monoisotopic (exact) mass is 799 g/mol. The zero-order valence-electron chi connectivity index (χ0n) is 36.8. The topological polar surface area (TPSA) is 144 Å². The van der Waals surface area contributed by atoms with Crippen LogP contribution >= 0.6 is 0 Å². The molecule has 0 saturated heterocycles. The molecule has 0 atom stereocenters. The summed E-state index contributed by atoms with van der Waals surface area (Å²) in [4.78, 5) is 11.9. The summed E-state index contributed by atoms with van der Waals surface area (Å²) in [6.45, 7) is 25.0. The number of aromatic hydroxyl groups is 5. The van der Waals surface area contributed by atoms with Crippen molar-refractivity contribution in [2.75, 3.05) is 0 Å². The van der Waals surface area contributed by atoms with E-state index in [1.807, 2.05) is 48.5 Å². The van der Waals surface area contributed by atoms with Gasteiger partial charge >= 0.3 is 0 Å². The van der Waals surface area contributed by atoms with Gasteiger partial charge in [0, 0.05) is 55.4 Å². The minimum Gasteiger partial charge on any atom is -0.507 e. The molecule has 6 rings (SSSR count). The molecule has 5 aromatic rings. The molecule has 0 unspecified atom stereocenters. The van der Waals surface area contributed by atoms with Crippen molar-refractivity contribution in [2.45, 2.75) is 137 Å². The van der Waals surface area contributed by atoms with Gasteiger partial charge in [-0.15, -0.1) is 0 Å². The first-order valence-corrected chi connectivity index (χ1v) is 20.5. The molecule has 0 fully saturated rings. The van der Waals surface area contributed by atoms with E-state index in [0.717, 1.165) is 22.3 Å². The molecule has 0 aromatic heterocycles. The van der Waals surface area contributed by atoms with E-state index in [1.165, 1.54) is 12.1 Å². The molecule has 8 nitrogen and oxygen atoms in total. The maximum absolute atomic E-state index is 12.4. The molecule has 8 heteroatoms. The van der Waals surface area contributed by atoms with Crippen LogP contribution < -0.4 is 0 Å². The largest absolute Gasteiger partial charge is 0.507 e. The molecular weight excluding hydrogens is 739 g/mol. The summed E-state index contributed by atoms with van der Waals surface area (Å²) in [6.07, 6.45) is 0.580. The van der Waals surface area contributed by atoms with Gasteiger partial charge in [-0.3, -0.25) is 10.1 Å². The minimum atomic E-state index is -0.496. The Balaban J connectivity index is 1.73. The molecule has 10 bridgehead atoms. The zero-order chi connectivity index (χ0) is 43.7. The third-order valence-electron chi connectivity index (χ3n) is 11.9. The molecule has 0 aliphatic heterocycles. The van der Waals surface area contributed by atoms with Gasteiger partial charge in [-0.25, -0.2) is 0 Å². The van der Waals surface area contributed by atoms with Gasteiger partial charge in [0.05, 0.1) is 4.92 Å². The highest BCUT2D eigenvalue weighted by atomic mass is 16.6. The molecule has 312 valence electrons. The van der Waals surface area contributed by atoms with Crippen molar-refractivity contribution in [3.05, 3.63) is 149 Å². The predicted molar refractivity (Wildman–Crippen MR) is 236 cm³/mol. The SMILES string of the molecule is CC(C)(C)c1cc2c(O)c(c1)Cc1cc(C(C)(C)C)cc(c1O)Cc1cc(C(C)(C)C)cc(c1O)Cc1cc(C(C)(C)C)cc(c1O)Cc1cc([N+](=O)[O-])cc(c1O)C2. The smallest absolute Gasteiger partial charge is 0.270 e. The number of nitrogens with zero attached hydrogens (tertiary/aromatic N) is 1. The number of nitro benzene ring substituents is 1. The van der Waals surface area contributed by atoms with Crippen LogP contribution in [0.15, 0.2) is 60.7 Å². The normalized spacial score (nSPS) is 13.9. The van der Waals surface area contributed by atoms with Crippen LogP contribution in [0.25, 0.3) is 0 Å². The number of fused-ring (bicyclic) bond motifs is 10. The maximum atomic E-state index is 12.4. The van der Waals surface area contributed by atoms with Crippen molar-refractivity contribution in [2.24, 2.45) is 0 Å². The first kappa shape index (κ1) is 43.1. The van der Waals surface area contributed by atoms with Crippen molar-refractivity contribution in [3.8, 4) is 28.7 Å². The number of nitro groups is 1. The minimum absolute atomic E-state index is 0.00811. The fourth-order valence-corrected chi connectivity index (χ4v) is 7.99. The second kappa shape index (κ2) is 15.0. The predicted octanol–water partition coefficient (Wildman–Crippen LogP) is 11.6. The molecule has 1 aliphatic rings. The lowest BCUT2D eigenvalue weighted by Crippen LogP contribution is -2.15. The Hall–Kier alpha value is -5.50. The lowest BCUT2D eigenvalue weighted by molar-refractivity contribution is -0.385. The molecule has 0 amide bonds. The third-order valence-corrected chi connectivity index (χ3v) is 11.9. The molecule has 59 heavy (non-hydrogen) atoms. The summed E-state index contributed by atoms with van der Waals surface area (Å²) in [5, 5.41) is 72.8. The van der Waals surface area contributed by atoms with Crippen molar-refractivity contribution in [1.29, 1.82) is 0 Å². The fourth-order valence-electron chi connectivity index (χ4n) is 7.99. The summed E-state index contributed by atoms with van der Waals surface area (Å²) in [5.41, 5.74) is 7.32. The molecule has 5 aromatic carbocycles. The molecule has 0 radical (unpaired) electrons. The number of hydrogen-bond donors (Lipinski definition) is 5. The highest BCUT2D eigenvalue weighted by Gasteiger charge is 2.28. The number of phenolic OH excluding ortho intramolecular Hbond substituents is 5. The van der Waals surface area contributed by atoms with Gasteiger partial charge < -0.3 is 25.5 Å². The quantitative estimate of drug-likeness (QED) is 0.0822. The Bertz CT molecular complexity index is 2320. The van der Waals surface area contributed by atoms with Crippen LogP contribution in [0, 0.1) is 10.1 Å². The van der Waals surface area contributed by atoms with E-state index < -0.39 is 4.92 Å². The number of phenols is 5. The fraction of sp³-hybridized carbons (Fsp3) is 0.412. The molecule has 0 heterocycles. The maximum Gasteiger partial charge on any atom is 0.270 e. The summed E-state index contributed by atoms with van der Waals surface area (Å²) in [5.74, 6) is -0.0744. The molecular formula is C51H61NO7. The summed E-state index contributed by atoms with van der Waals surface area (Å²) >= 11 is 0. The van der Waals surface area contributed by atoms with Crippen molar-refractivity contribution >= 4 is 5.69 Å². The van der Waals surface area contributed by atoms with Crippen LogP contribution in [0.1, 0.15) is 161 Å². The summed E-state index contributed by atoms with van der Waals surface area (Å²) < 4.78 is 0. The Morgan fingerprint density at radius 1 is 0.356 bits per heavy atom. The first-order valence-electron chi connectivity index (χ1n) is 20.5. The van der Waals surface area contributed by atoms with E-state index >= 15 is 0 Å². The van der Waals surface area contributed by atoms with Crippen LogP contribution in [0.4, 0.5) is 5.69 Å². The Labute approximate surface area is 349 Å². The zero-order valence-corrected chi connectivity index (χ0v) is 36.8. The van der Waals surface area contributed by atoms with Crippen LogP contribution in [0.3, 0.4) is 0 Å². The molecule has 0 spiro atoms. The van der Waals surface area contributed by atoms with Gasteiger partial charge in [0.2, 0.25) is 0 Å². The van der Waals surface area contributed by atoms with Crippen LogP contribution in [0.5, 0.6) is 28.7 Å². The van der Waals surface area contributed by atoms with E-state index in [0.29, 0.717) is 44.5 Å². The Morgan fingerprint density at radius 2 is 0.508 bits per heavy atom. The third kappa shape index (κ3) is 8.92. The van der Waals surface area contributed by atoms with Gasteiger partial charge in [-0.05, 0) is 88.4 Å². The van der Waals surface area contributed by atoms with Gasteiger partial charge in [-0.2, -0.15) is 0 Å². The van der Waals surface area contributed by atoms with Crippen LogP contribution in [0.2, 0.25) is 0 Å². The average molecular weight is 800 g/mol. The molecule has 0 saturated carbocycles. The van der Waals surface area contributed by atoms with Gasteiger partial charge in [0.1, 0.15) is 28.7 Å².